The molecule has 0 bridgehead atoms. The SMILES string of the molecule is CC1(C)C2OCCCC2C1(N)C(=O)N1CCN(C2CCCC2)CC1. The van der Waals surface area contributed by atoms with Crippen LogP contribution in [0.4, 0.5) is 0 Å². The Hall–Kier alpha value is -0.650. The molecular formula is C19H33N3O2. The highest BCUT2D eigenvalue weighted by Crippen LogP contribution is 2.58. The van der Waals surface area contributed by atoms with E-state index in [-0.39, 0.29) is 23.3 Å². The lowest BCUT2D eigenvalue weighted by Gasteiger charge is -2.66. The van der Waals surface area contributed by atoms with E-state index in [0.29, 0.717) is 0 Å². The lowest BCUT2D eigenvalue weighted by atomic mass is 9.46. The Kier molecular flexibility index (Phi) is 4.17. The van der Waals surface area contributed by atoms with Crippen molar-refractivity contribution in [1.82, 2.24) is 9.80 Å². The molecule has 0 spiro atoms. The molecule has 2 aliphatic heterocycles. The number of amides is 1. The number of nitrogens with two attached hydrogens (primary N) is 1. The van der Waals surface area contributed by atoms with Crippen LogP contribution in [-0.2, 0) is 9.53 Å². The quantitative estimate of drug-likeness (QED) is 0.833. The topological polar surface area (TPSA) is 58.8 Å². The molecule has 2 saturated carbocycles. The zero-order valence-electron chi connectivity index (χ0n) is 15.3. The number of hydrogen-bond acceptors (Lipinski definition) is 4. The molecule has 5 heteroatoms. The maximum Gasteiger partial charge on any atom is 0.243 e. The molecule has 4 rings (SSSR count). The van der Waals surface area contributed by atoms with E-state index in [9.17, 15) is 4.79 Å². The van der Waals surface area contributed by atoms with E-state index in [0.717, 1.165) is 51.7 Å². The third kappa shape index (κ3) is 2.27. The summed E-state index contributed by atoms with van der Waals surface area (Å²) in [5.74, 6) is 0.368. The van der Waals surface area contributed by atoms with Crippen LogP contribution < -0.4 is 5.73 Å². The second-order valence-corrected chi connectivity index (χ2v) is 8.90. The Labute approximate surface area is 145 Å². The first-order valence-corrected chi connectivity index (χ1v) is 9.90. The van der Waals surface area contributed by atoms with Gasteiger partial charge in [-0.15, -0.1) is 0 Å². The summed E-state index contributed by atoms with van der Waals surface area (Å²) in [5, 5.41) is 0. The van der Waals surface area contributed by atoms with Crippen LogP contribution in [0.3, 0.4) is 0 Å². The Balaban J connectivity index is 1.42. The van der Waals surface area contributed by atoms with E-state index in [1.165, 1.54) is 25.7 Å². The van der Waals surface area contributed by atoms with Crippen molar-refractivity contribution in [3.8, 4) is 0 Å². The summed E-state index contributed by atoms with van der Waals surface area (Å²) in [5.41, 5.74) is 5.77. The Morgan fingerprint density at radius 3 is 2.38 bits per heavy atom. The largest absolute Gasteiger partial charge is 0.377 e. The molecule has 2 N–H and O–H groups in total. The van der Waals surface area contributed by atoms with E-state index in [4.69, 9.17) is 10.5 Å². The van der Waals surface area contributed by atoms with E-state index < -0.39 is 5.54 Å². The average molecular weight is 335 g/mol. The molecule has 0 aromatic rings. The molecule has 136 valence electrons. The number of rotatable bonds is 2. The standard InChI is InChI=1S/C19H33N3O2/c1-18(2)16-15(8-5-13-24-16)19(18,20)17(23)22-11-9-21(10-12-22)14-6-3-4-7-14/h14-16H,3-13,20H2,1-2H3. The van der Waals surface area contributed by atoms with Gasteiger partial charge in [0, 0.05) is 50.2 Å². The average Bonchev–Trinajstić information content (AvgIpc) is 3.15. The van der Waals surface area contributed by atoms with E-state index in [1.54, 1.807) is 0 Å². The van der Waals surface area contributed by atoms with Crippen molar-refractivity contribution in [2.45, 2.75) is 70.1 Å². The number of piperazine rings is 1. The Morgan fingerprint density at radius 2 is 1.71 bits per heavy atom. The first-order chi connectivity index (χ1) is 11.5. The molecule has 2 heterocycles. The van der Waals surface area contributed by atoms with Crippen LogP contribution in [0.5, 0.6) is 0 Å². The molecular weight excluding hydrogens is 302 g/mol. The predicted octanol–water partition coefficient (Wildman–Crippen LogP) is 1.61. The smallest absolute Gasteiger partial charge is 0.243 e. The van der Waals surface area contributed by atoms with Gasteiger partial charge in [-0.3, -0.25) is 9.69 Å². The second-order valence-electron chi connectivity index (χ2n) is 8.90. The minimum absolute atomic E-state index is 0.153. The molecule has 3 unspecified atom stereocenters. The summed E-state index contributed by atoms with van der Waals surface area (Å²) in [6, 6.07) is 0.755. The fourth-order valence-corrected chi connectivity index (χ4v) is 5.83. The lowest BCUT2D eigenvalue weighted by molar-refractivity contribution is -0.230. The highest BCUT2D eigenvalue weighted by molar-refractivity contribution is 5.89. The molecule has 3 atom stereocenters. The van der Waals surface area contributed by atoms with Gasteiger partial charge in [-0.1, -0.05) is 26.7 Å². The maximum atomic E-state index is 13.3. The van der Waals surface area contributed by atoms with Crippen LogP contribution in [0.1, 0.15) is 52.4 Å². The number of carbonyl (C=O) groups excluding carboxylic acids is 1. The van der Waals surface area contributed by atoms with Crippen molar-refractivity contribution in [3.05, 3.63) is 0 Å². The number of nitrogens with zero attached hydrogens (tertiary/aromatic N) is 2. The van der Waals surface area contributed by atoms with E-state index in [1.807, 2.05) is 4.90 Å². The lowest BCUT2D eigenvalue weighted by Crippen LogP contribution is -2.82. The van der Waals surface area contributed by atoms with E-state index >= 15 is 0 Å². The molecule has 4 fully saturated rings. The van der Waals surface area contributed by atoms with Crippen LogP contribution in [0, 0.1) is 11.3 Å². The highest BCUT2D eigenvalue weighted by Gasteiger charge is 2.70. The molecule has 5 nitrogen and oxygen atoms in total. The second kappa shape index (κ2) is 5.96. The summed E-state index contributed by atoms with van der Waals surface area (Å²) in [7, 11) is 0. The van der Waals surface area contributed by atoms with Gasteiger partial charge in [0.1, 0.15) is 5.54 Å². The fourth-order valence-electron chi connectivity index (χ4n) is 5.83. The Morgan fingerprint density at radius 1 is 1.04 bits per heavy atom. The number of carbonyl (C=O) groups is 1. The molecule has 1 amide bonds. The molecule has 0 radical (unpaired) electrons. The molecule has 0 aromatic carbocycles. The van der Waals surface area contributed by atoms with Crippen molar-refractivity contribution >= 4 is 5.91 Å². The van der Waals surface area contributed by atoms with Gasteiger partial charge in [-0.25, -0.2) is 0 Å². The van der Waals surface area contributed by atoms with Gasteiger partial charge in [-0.2, -0.15) is 0 Å². The molecule has 4 aliphatic rings. The van der Waals surface area contributed by atoms with Crippen LogP contribution in [0.2, 0.25) is 0 Å². The predicted molar refractivity (Wildman–Crippen MR) is 93.6 cm³/mol. The number of ether oxygens (including phenoxy) is 1. The van der Waals surface area contributed by atoms with Crippen molar-refractivity contribution in [3.63, 3.8) is 0 Å². The summed E-state index contributed by atoms with van der Waals surface area (Å²) in [6.07, 6.45) is 7.61. The van der Waals surface area contributed by atoms with Gasteiger partial charge in [0.05, 0.1) is 6.10 Å². The third-order valence-electron chi connectivity index (χ3n) is 7.48. The minimum Gasteiger partial charge on any atom is -0.377 e. The first-order valence-electron chi connectivity index (χ1n) is 9.90. The van der Waals surface area contributed by atoms with Gasteiger partial charge >= 0.3 is 0 Å². The molecule has 24 heavy (non-hydrogen) atoms. The Bertz CT molecular complexity index is 495. The number of hydrogen-bond donors (Lipinski definition) is 1. The monoisotopic (exact) mass is 335 g/mol. The first kappa shape index (κ1) is 16.8. The van der Waals surface area contributed by atoms with Crippen molar-refractivity contribution in [2.75, 3.05) is 32.8 Å². The van der Waals surface area contributed by atoms with Crippen molar-refractivity contribution in [2.24, 2.45) is 17.1 Å². The van der Waals surface area contributed by atoms with Crippen LogP contribution in [0.25, 0.3) is 0 Å². The summed E-state index contributed by atoms with van der Waals surface area (Å²) < 4.78 is 5.95. The van der Waals surface area contributed by atoms with Gasteiger partial charge < -0.3 is 15.4 Å². The van der Waals surface area contributed by atoms with Gasteiger partial charge in [0.2, 0.25) is 5.91 Å². The third-order valence-corrected chi connectivity index (χ3v) is 7.48. The number of fused-ring (bicyclic) bond motifs is 1. The van der Waals surface area contributed by atoms with Crippen LogP contribution in [0.15, 0.2) is 0 Å². The summed E-state index contributed by atoms with van der Waals surface area (Å²) in [4.78, 5) is 18.0. The summed E-state index contributed by atoms with van der Waals surface area (Å²) >= 11 is 0. The normalized spacial score (nSPS) is 40.2. The van der Waals surface area contributed by atoms with Gasteiger partial charge in [0.25, 0.3) is 0 Å². The zero-order valence-corrected chi connectivity index (χ0v) is 15.3. The van der Waals surface area contributed by atoms with Gasteiger partial charge in [-0.05, 0) is 25.7 Å². The highest BCUT2D eigenvalue weighted by atomic mass is 16.5. The van der Waals surface area contributed by atoms with Crippen LogP contribution >= 0.6 is 0 Å². The fraction of sp³-hybridized carbons (Fsp3) is 0.947. The molecule has 2 saturated heterocycles. The van der Waals surface area contributed by atoms with Gasteiger partial charge in [0.15, 0.2) is 0 Å². The van der Waals surface area contributed by atoms with Crippen LogP contribution in [-0.4, -0.2) is 66.2 Å². The molecule has 0 aromatic heterocycles. The summed E-state index contributed by atoms with van der Waals surface area (Å²) in [6.45, 7) is 8.74. The van der Waals surface area contributed by atoms with Crippen molar-refractivity contribution < 1.29 is 9.53 Å². The maximum absolute atomic E-state index is 13.3. The minimum atomic E-state index is -0.742. The molecule has 2 aliphatic carbocycles. The zero-order chi connectivity index (χ0) is 16.9. The van der Waals surface area contributed by atoms with Crippen molar-refractivity contribution in [1.29, 1.82) is 0 Å². The van der Waals surface area contributed by atoms with E-state index in [2.05, 4.69) is 18.7 Å².